The summed E-state index contributed by atoms with van der Waals surface area (Å²) >= 11 is 2.43. The van der Waals surface area contributed by atoms with Crippen molar-refractivity contribution >= 4 is 51.0 Å². The number of nitrogens with zero attached hydrogens (tertiary/aromatic N) is 2. The summed E-state index contributed by atoms with van der Waals surface area (Å²) in [6.45, 7) is 5.54. The first-order valence-electron chi connectivity index (χ1n) is 11.9. The van der Waals surface area contributed by atoms with Gasteiger partial charge in [0.2, 0.25) is 0 Å². The largest absolute Gasteiger partial charge is 0.507 e. The van der Waals surface area contributed by atoms with E-state index in [1.54, 1.807) is 37.3 Å². The summed E-state index contributed by atoms with van der Waals surface area (Å²) in [6, 6.07) is 17.5. The van der Waals surface area contributed by atoms with Gasteiger partial charge in [-0.05, 0) is 55.1 Å². The Balaban J connectivity index is 1.49. The number of Topliss-reactive ketones (excluding diaryl/α,β-unsaturated/α-hetero) is 2. The van der Waals surface area contributed by atoms with E-state index in [4.69, 9.17) is 4.74 Å². The number of anilines is 1. The molecule has 0 spiro atoms. The zero-order chi connectivity index (χ0) is 27.0. The van der Waals surface area contributed by atoms with Gasteiger partial charge in [-0.25, -0.2) is 4.98 Å². The second kappa shape index (κ2) is 10.4. The molecule has 0 bridgehead atoms. The van der Waals surface area contributed by atoms with Gasteiger partial charge in [0.05, 0.1) is 16.1 Å². The topological polar surface area (TPSA) is 96.8 Å². The van der Waals surface area contributed by atoms with Crippen molar-refractivity contribution in [3.05, 3.63) is 104 Å². The lowest BCUT2D eigenvalue weighted by Gasteiger charge is -2.21. The van der Waals surface area contributed by atoms with Gasteiger partial charge in [0.15, 0.2) is 10.9 Å². The molecule has 0 aliphatic carbocycles. The highest BCUT2D eigenvalue weighted by atomic mass is 32.1. The van der Waals surface area contributed by atoms with Crippen LogP contribution in [0, 0.1) is 13.8 Å². The number of benzene rings is 2. The second-order valence-electron chi connectivity index (χ2n) is 8.95. The van der Waals surface area contributed by atoms with Crippen LogP contribution in [0.2, 0.25) is 0 Å². The van der Waals surface area contributed by atoms with E-state index in [0.29, 0.717) is 33.4 Å². The number of aliphatic hydroxyl groups excluding tert-OH is 1. The Morgan fingerprint density at radius 2 is 1.84 bits per heavy atom. The molecule has 1 atom stereocenters. The quantitative estimate of drug-likeness (QED) is 0.128. The highest BCUT2D eigenvalue weighted by molar-refractivity contribution is 7.18. The lowest BCUT2D eigenvalue weighted by molar-refractivity contribution is -0.132. The molecule has 4 aromatic rings. The highest BCUT2D eigenvalue weighted by Gasteiger charge is 2.48. The SMILES string of the molecule is CC(=O)c1sc(N2C(=O)C(=O)C(=C(O)c3ccc(OCc4cccc(C)c4)cc3)[C@@H]2c2cccs2)nc1C. The zero-order valence-electron chi connectivity index (χ0n) is 20.9. The Morgan fingerprint density at radius 1 is 1.08 bits per heavy atom. The first-order valence-corrected chi connectivity index (χ1v) is 13.6. The Hall–Kier alpha value is -4.08. The maximum absolute atomic E-state index is 13.3. The van der Waals surface area contributed by atoms with Crippen molar-refractivity contribution in [2.24, 2.45) is 0 Å². The van der Waals surface area contributed by atoms with Crippen molar-refractivity contribution < 1.29 is 24.2 Å². The molecule has 1 amide bonds. The van der Waals surface area contributed by atoms with Crippen LogP contribution in [0.1, 0.15) is 49.9 Å². The number of carbonyl (C=O) groups is 3. The molecule has 1 aliphatic rings. The summed E-state index contributed by atoms with van der Waals surface area (Å²) in [4.78, 5) is 45.4. The molecule has 9 heteroatoms. The van der Waals surface area contributed by atoms with E-state index < -0.39 is 17.7 Å². The molecule has 5 rings (SSSR count). The van der Waals surface area contributed by atoms with Gasteiger partial charge in [-0.2, -0.15) is 0 Å². The molecule has 1 aliphatic heterocycles. The molecule has 0 radical (unpaired) electrons. The van der Waals surface area contributed by atoms with Gasteiger partial charge in [0, 0.05) is 17.4 Å². The number of aryl methyl sites for hydroxylation is 2. The first-order chi connectivity index (χ1) is 18.2. The lowest BCUT2D eigenvalue weighted by atomic mass is 10.00. The van der Waals surface area contributed by atoms with Crippen LogP contribution in [0.4, 0.5) is 5.13 Å². The molecular formula is C29H24N2O5S2. The molecule has 38 heavy (non-hydrogen) atoms. The maximum atomic E-state index is 13.3. The van der Waals surface area contributed by atoms with Crippen molar-refractivity contribution in [2.75, 3.05) is 4.90 Å². The highest BCUT2D eigenvalue weighted by Crippen LogP contribution is 2.45. The summed E-state index contributed by atoms with van der Waals surface area (Å²) in [5.74, 6) is -1.45. The predicted octanol–water partition coefficient (Wildman–Crippen LogP) is 6.23. The van der Waals surface area contributed by atoms with Crippen LogP contribution in [0.3, 0.4) is 0 Å². The fraction of sp³-hybridized carbons (Fsp3) is 0.172. The Labute approximate surface area is 227 Å². The van der Waals surface area contributed by atoms with Gasteiger partial charge in [0.1, 0.15) is 24.2 Å². The number of hydrogen-bond donors (Lipinski definition) is 1. The fourth-order valence-electron chi connectivity index (χ4n) is 4.39. The lowest BCUT2D eigenvalue weighted by Crippen LogP contribution is -2.29. The van der Waals surface area contributed by atoms with Crippen LogP contribution in [0.5, 0.6) is 5.75 Å². The summed E-state index contributed by atoms with van der Waals surface area (Å²) in [6.07, 6.45) is 0. The van der Waals surface area contributed by atoms with Crippen LogP contribution in [0.25, 0.3) is 5.76 Å². The van der Waals surface area contributed by atoms with E-state index >= 15 is 0 Å². The predicted molar refractivity (Wildman–Crippen MR) is 148 cm³/mol. The Kier molecular flexibility index (Phi) is 6.96. The van der Waals surface area contributed by atoms with Gasteiger partial charge in [0.25, 0.3) is 5.78 Å². The van der Waals surface area contributed by atoms with Crippen LogP contribution >= 0.6 is 22.7 Å². The van der Waals surface area contributed by atoms with E-state index in [0.717, 1.165) is 22.5 Å². The summed E-state index contributed by atoms with van der Waals surface area (Å²) < 4.78 is 5.87. The minimum Gasteiger partial charge on any atom is -0.507 e. The molecule has 1 N–H and O–H groups in total. The monoisotopic (exact) mass is 544 g/mol. The number of rotatable bonds is 7. The van der Waals surface area contributed by atoms with Crippen LogP contribution < -0.4 is 9.64 Å². The zero-order valence-corrected chi connectivity index (χ0v) is 22.6. The van der Waals surface area contributed by atoms with Gasteiger partial charge in [-0.3, -0.25) is 19.3 Å². The van der Waals surface area contributed by atoms with E-state index in [-0.39, 0.29) is 22.2 Å². The number of aliphatic hydroxyl groups is 1. The Bertz CT molecular complexity index is 1570. The standard InChI is InChI=1S/C29H24N2O5S2/c1-16-6-4-7-19(14-16)15-36-21-11-9-20(10-12-21)25(33)23-24(22-8-5-13-37-22)31(28(35)26(23)34)29-30-17(2)27(38-29)18(3)32/h4-14,24,33H,15H2,1-3H3/t24-/m0/s1. The number of amides is 1. The minimum atomic E-state index is -0.863. The number of thiophene rings is 1. The first kappa shape index (κ1) is 25.6. The van der Waals surface area contributed by atoms with Crippen molar-refractivity contribution in [3.8, 4) is 5.75 Å². The number of ether oxygens (including phenoxy) is 1. The number of carbonyl (C=O) groups excluding carboxylic acids is 3. The van der Waals surface area contributed by atoms with E-state index in [2.05, 4.69) is 4.98 Å². The minimum absolute atomic E-state index is 0.0249. The summed E-state index contributed by atoms with van der Waals surface area (Å²) in [5.41, 5.74) is 3.03. The third-order valence-electron chi connectivity index (χ3n) is 6.18. The fourth-order valence-corrected chi connectivity index (χ4v) is 6.20. The van der Waals surface area contributed by atoms with E-state index in [1.807, 2.05) is 42.6 Å². The molecule has 0 unspecified atom stereocenters. The van der Waals surface area contributed by atoms with Crippen molar-refractivity contribution in [3.63, 3.8) is 0 Å². The van der Waals surface area contributed by atoms with Crippen molar-refractivity contribution in [1.29, 1.82) is 0 Å². The summed E-state index contributed by atoms with van der Waals surface area (Å²) in [5, 5.41) is 13.4. The molecule has 2 aromatic carbocycles. The average Bonchev–Trinajstić information content (AvgIpc) is 3.62. The molecule has 0 saturated carbocycles. The third-order valence-corrected chi connectivity index (χ3v) is 8.37. The average molecular weight is 545 g/mol. The van der Waals surface area contributed by atoms with E-state index in [9.17, 15) is 19.5 Å². The van der Waals surface area contributed by atoms with Crippen LogP contribution in [-0.2, 0) is 16.2 Å². The second-order valence-corrected chi connectivity index (χ2v) is 10.9. The molecule has 3 heterocycles. The number of hydrogen-bond acceptors (Lipinski definition) is 8. The smallest absolute Gasteiger partial charge is 0.301 e. The summed E-state index contributed by atoms with van der Waals surface area (Å²) in [7, 11) is 0. The molecular weight excluding hydrogens is 520 g/mol. The number of aromatic nitrogens is 1. The van der Waals surface area contributed by atoms with Gasteiger partial charge in [-0.1, -0.05) is 47.2 Å². The van der Waals surface area contributed by atoms with Gasteiger partial charge >= 0.3 is 5.91 Å². The molecule has 1 saturated heterocycles. The molecule has 192 valence electrons. The molecule has 1 fully saturated rings. The van der Waals surface area contributed by atoms with Crippen LogP contribution in [-0.4, -0.2) is 27.6 Å². The van der Waals surface area contributed by atoms with Crippen molar-refractivity contribution in [2.45, 2.75) is 33.4 Å². The third kappa shape index (κ3) is 4.78. The van der Waals surface area contributed by atoms with Gasteiger partial charge < -0.3 is 9.84 Å². The molecule has 7 nitrogen and oxygen atoms in total. The van der Waals surface area contributed by atoms with Gasteiger partial charge in [-0.15, -0.1) is 11.3 Å². The van der Waals surface area contributed by atoms with Crippen LogP contribution in [0.15, 0.2) is 71.6 Å². The number of thiazole rings is 1. The van der Waals surface area contributed by atoms with E-state index in [1.165, 1.54) is 23.2 Å². The maximum Gasteiger partial charge on any atom is 0.301 e. The van der Waals surface area contributed by atoms with Crippen molar-refractivity contribution in [1.82, 2.24) is 4.98 Å². The normalized spacial score (nSPS) is 16.7. The molecule has 2 aromatic heterocycles. The Morgan fingerprint density at radius 3 is 2.47 bits per heavy atom. The number of ketones is 2.